The van der Waals surface area contributed by atoms with Gasteiger partial charge in [-0.2, -0.15) is 0 Å². The zero-order chi connectivity index (χ0) is 12.1. The number of hydrogen-bond acceptors (Lipinski definition) is 3. The fourth-order valence-corrected chi connectivity index (χ4v) is 2.87. The van der Waals surface area contributed by atoms with Gasteiger partial charge in [-0.15, -0.1) is 37.2 Å². The monoisotopic (exact) mass is 375 g/mol. The molecule has 0 aliphatic rings. The van der Waals surface area contributed by atoms with E-state index in [0.29, 0.717) is 0 Å². The fourth-order valence-electron chi connectivity index (χ4n) is 1.02. The Morgan fingerprint density at radius 2 is 0.842 bits per heavy atom. The van der Waals surface area contributed by atoms with E-state index in [4.69, 9.17) is 9.96 Å². The zero-order valence-corrected chi connectivity index (χ0v) is 16.3. The molecule has 7 heteroatoms. The molecule has 0 amide bonds. The quantitative estimate of drug-likeness (QED) is 0.352. The molecule has 0 radical (unpaired) electrons. The third-order valence-electron chi connectivity index (χ3n) is 2.15. The van der Waals surface area contributed by atoms with E-state index in [0.717, 1.165) is 58.3 Å². The number of halogens is 3. The summed E-state index contributed by atoms with van der Waals surface area (Å²) in [7, 11) is 0. The Kier molecular flexibility index (Phi) is 36.9. The van der Waals surface area contributed by atoms with Crippen molar-refractivity contribution >= 4 is 37.2 Å². The van der Waals surface area contributed by atoms with Crippen LogP contribution in [0.1, 0.15) is 59.3 Å². The average molecular weight is 377 g/mol. The molecule has 0 unspecified atom stereocenters. The maximum atomic E-state index is 5.70. The van der Waals surface area contributed by atoms with Crippen molar-refractivity contribution in [3.05, 3.63) is 0 Å². The molecular weight excluding hydrogens is 346 g/mol. The van der Waals surface area contributed by atoms with Gasteiger partial charge in [-0.3, -0.25) is 0 Å². The molecule has 0 aromatic carbocycles. The fraction of sp³-hybridized carbons (Fsp3) is 1.00. The van der Waals surface area contributed by atoms with Crippen molar-refractivity contribution in [2.75, 3.05) is 19.8 Å². The minimum atomic E-state index is -2.10. The Morgan fingerprint density at radius 1 is 0.579 bits per heavy atom. The van der Waals surface area contributed by atoms with Gasteiger partial charge in [0, 0.05) is 0 Å². The largest absolute Gasteiger partial charge is 0.147 e. The molecule has 0 N–H and O–H groups in total. The predicted molar refractivity (Wildman–Crippen MR) is 84.3 cm³/mol. The van der Waals surface area contributed by atoms with E-state index in [1.54, 1.807) is 0 Å². The summed E-state index contributed by atoms with van der Waals surface area (Å²) in [6.07, 6.45) is 6.79. The minimum absolute atomic E-state index is 0. The van der Waals surface area contributed by atoms with Crippen molar-refractivity contribution in [2.24, 2.45) is 0 Å². The summed E-state index contributed by atoms with van der Waals surface area (Å²) >= 11 is -2.10. The molecule has 0 atom stereocenters. The molecule has 3 nitrogen and oxygen atoms in total. The molecule has 0 spiro atoms. The van der Waals surface area contributed by atoms with Gasteiger partial charge in [0.2, 0.25) is 0 Å². The van der Waals surface area contributed by atoms with Crippen molar-refractivity contribution in [2.45, 2.75) is 59.3 Å². The summed E-state index contributed by atoms with van der Waals surface area (Å²) in [5, 5.41) is 0. The van der Waals surface area contributed by atoms with Gasteiger partial charge in [-0.1, -0.05) is 0 Å². The molecular formula is C12H30Cl3O3Ti. The third kappa shape index (κ3) is 21.9. The summed E-state index contributed by atoms with van der Waals surface area (Å²) in [5.74, 6) is 0. The molecule has 0 saturated carbocycles. The van der Waals surface area contributed by atoms with Crippen LogP contribution in [-0.2, 0) is 29.0 Å². The molecule has 0 aliphatic heterocycles. The molecule has 0 bridgehead atoms. The first kappa shape index (κ1) is 28.6. The number of rotatable bonds is 12. The van der Waals surface area contributed by atoms with Crippen LogP contribution in [-0.4, -0.2) is 19.8 Å². The van der Waals surface area contributed by atoms with Crippen LogP contribution >= 0.6 is 37.2 Å². The number of hydrogen-bond donors (Lipinski definition) is 0. The van der Waals surface area contributed by atoms with Crippen LogP contribution < -0.4 is 0 Å². The summed E-state index contributed by atoms with van der Waals surface area (Å²) in [6, 6.07) is 0. The maximum Gasteiger partial charge on any atom is -0.147 e. The van der Waals surface area contributed by atoms with Crippen LogP contribution in [0.15, 0.2) is 0 Å². The molecule has 19 heavy (non-hydrogen) atoms. The Hall–Kier alpha value is 1.46. The van der Waals surface area contributed by atoms with E-state index in [1.165, 1.54) is 0 Å². The first-order valence-electron chi connectivity index (χ1n) is 6.60. The molecule has 0 heterocycles. The van der Waals surface area contributed by atoms with Crippen LogP contribution in [0, 0.1) is 0 Å². The predicted octanol–water partition coefficient (Wildman–Crippen LogP) is 5.07. The van der Waals surface area contributed by atoms with Gasteiger partial charge >= 0.3 is 108 Å². The molecule has 0 rings (SSSR count). The van der Waals surface area contributed by atoms with Gasteiger partial charge in [-0.05, 0) is 0 Å². The molecule has 0 fully saturated rings. The molecule has 0 aromatic heterocycles. The Labute approximate surface area is 145 Å². The van der Waals surface area contributed by atoms with Crippen LogP contribution in [0.25, 0.3) is 0 Å². The second-order valence-electron chi connectivity index (χ2n) is 3.86. The van der Waals surface area contributed by atoms with E-state index >= 15 is 0 Å². The molecule has 121 valence electrons. The standard InChI is InChI=1S/3C4H9O.3ClH.Ti/c3*1-2-3-4-5;;;;/h3*2-4H2,1H3;3*1H;/q3*-1;;;;+3. The summed E-state index contributed by atoms with van der Waals surface area (Å²) in [4.78, 5) is 0. The first-order valence-corrected chi connectivity index (χ1v) is 8.51. The molecule has 0 aliphatic carbocycles. The normalized spacial score (nSPS) is 9.00. The van der Waals surface area contributed by atoms with E-state index in [-0.39, 0.29) is 37.2 Å². The molecule has 0 aromatic rings. The van der Waals surface area contributed by atoms with Crippen molar-refractivity contribution in [3.8, 4) is 0 Å². The van der Waals surface area contributed by atoms with Gasteiger partial charge in [-0.25, -0.2) is 0 Å². The summed E-state index contributed by atoms with van der Waals surface area (Å²) in [5.41, 5.74) is 0. The molecule has 0 saturated heterocycles. The van der Waals surface area contributed by atoms with Gasteiger partial charge in [0.05, 0.1) is 0 Å². The van der Waals surface area contributed by atoms with Crippen molar-refractivity contribution in [3.63, 3.8) is 0 Å². The number of unbranched alkanes of at least 4 members (excludes halogenated alkanes) is 3. The smallest absolute Gasteiger partial charge is 0.147 e. The maximum absolute atomic E-state index is 5.70. The first-order chi connectivity index (χ1) is 7.85. The Morgan fingerprint density at radius 3 is 1.05 bits per heavy atom. The Balaban J connectivity index is -0.000000375. The van der Waals surface area contributed by atoms with Crippen molar-refractivity contribution in [1.29, 1.82) is 0 Å². The SMILES string of the molecule is CCCC[O][Ti]([O]CCCC)[O]CCCC.Cl.Cl.Cl. The van der Waals surface area contributed by atoms with Crippen LogP contribution in [0.2, 0.25) is 0 Å². The van der Waals surface area contributed by atoms with Crippen LogP contribution in [0.4, 0.5) is 0 Å². The third-order valence-corrected chi connectivity index (χ3v) is 4.21. The van der Waals surface area contributed by atoms with Crippen LogP contribution in [0.3, 0.4) is 0 Å². The zero-order valence-electron chi connectivity index (χ0n) is 12.3. The average Bonchev–Trinajstić information content (AvgIpc) is 2.29. The minimum Gasteiger partial charge on any atom is -0.147 e. The van der Waals surface area contributed by atoms with Gasteiger partial charge in [0.15, 0.2) is 0 Å². The van der Waals surface area contributed by atoms with Crippen LogP contribution in [0.5, 0.6) is 0 Å². The Bertz CT molecular complexity index is 122. The van der Waals surface area contributed by atoms with Crippen molar-refractivity contribution in [1.82, 2.24) is 0 Å². The van der Waals surface area contributed by atoms with E-state index in [2.05, 4.69) is 20.8 Å². The van der Waals surface area contributed by atoms with E-state index < -0.39 is 19.0 Å². The van der Waals surface area contributed by atoms with Gasteiger partial charge < -0.3 is 0 Å². The second kappa shape index (κ2) is 24.5. The van der Waals surface area contributed by atoms with Gasteiger partial charge in [0.1, 0.15) is 0 Å². The van der Waals surface area contributed by atoms with Crippen molar-refractivity contribution < 1.29 is 29.0 Å². The second-order valence-corrected chi connectivity index (χ2v) is 5.99. The van der Waals surface area contributed by atoms with E-state index in [9.17, 15) is 0 Å². The topological polar surface area (TPSA) is 27.7 Å². The summed E-state index contributed by atoms with van der Waals surface area (Å²) in [6.45, 7) is 8.88. The van der Waals surface area contributed by atoms with Gasteiger partial charge in [0.25, 0.3) is 0 Å². The van der Waals surface area contributed by atoms with E-state index in [1.807, 2.05) is 0 Å². The summed E-state index contributed by atoms with van der Waals surface area (Å²) < 4.78 is 17.1.